The number of likely N-dealkylation sites (tertiary alicyclic amines) is 2. The van der Waals surface area contributed by atoms with Gasteiger partial charge >= 0.3 is 6.03 Å². The van der Waals surface area contributed by atoms with E-state index in [0.29, 0.717) is 5.75 Å². The Kier molecular flexibility index (Phi) is 5.96. The number of nitrogens with one attached hydrogen (secondary N) is 1. The second-order valence-corrected chi connectivity index (χ2v) is 7.09. The third-order valence-electron chi connectivity index (χ3n) is 5.04. The molecule has 0 aromatic heterocycles. The van der Waals surface area contributed by atoms with Crippen molar-refractivity contribution in [1.29, 1.82) is 0 Å². The van der Waals surface area contributed by atoms with Crippen LogP contribution in [0.3, 0.4) is 0 Å². The summed E-state index contributed by atoms with van der Waals surface area (Å²) in [6.45, 7) is 4.54. The van der Waals surface area contributed by atoms with Crippen molar-refractivity contribution < 1.29 is 9.90 Å². The van der Waals surface area contributed by atoms with Crippen molar-refractivity contribution in [2.75, 3.05) is 26.2 Å². The molecule has 1 aromatic rings. The summed E-state index contributed by atoms with van der Waals surface area (Å²) in [5, 5.41) is 12.8. The first-order valence-electron chi connectivity index (χ1n) is 9.26. The van der Waals surface area contributed by atoms with E-state index < -0.39 is 0 Å². The van der Waals surface area contributed by atoms with Crippen LogP contribution in [0.2, 0.25) is 0 Å². The van der Waals surface area contributed by atoms with Gasteiger partial charge in [-0.1, -0.05) is 25.0 Å². The molecule has 2 aliphatic rings. The van der Waals surface area contributed by atoms with Gasteiger partial charge in [0, 0.05) is 32.2 Å². The third-order valence-corrected chi connectivity index (χ3v) is 5.04. The van der Waals surface area contributed by atoms with Gasteiger partial charge in [0.05, 0.1) is 0 Å². The van der Waals surface area contributed by atoms with Crippen LogP contribution >= 0.6 is 0 Å². The van der Waals surface area contributed by atoms with Gasteiger partial charge in [-0.25, -0.2) is 4.79 Å². The maximum atomic E-state index is 12.5. The van der Waals surface area contributed by atoms with Gasteiger partial charge < -0.3 is 15.3 Å². The van der Waals surface area contributed by atoms with Crippen molar-refractivity contribution >= 4 is 6.03 Å². The van der Waals surface area contributed by atoms with E-state index in [2.05, 4.69) is 10.2 Å². The van der Waals surface area contributed by atoms with E-state index >= 15 is 0 Å². The van der Waals surface area contributed by atoms with Crippen molar-refractivity contribution in [3.05, 3.63) is 29.8 Å². The summed E-state index contributed by atoms with van der Waals surface area (Å²) in [6.07, 6.45) is 6.89. The van der Waals surface area contributed by atoms with Crippen molar-refractivity contribution in [3.8, 4) is 5.75 Å². The molecule has 2 saturated heterocycles. The van der Waals surface area contributed by atoms with Crippen molar-refractivity contribution in [3.63, 3.8) is 0 Å². The molecule has 0 saturated carbocycles. The fraction of sp³-hybridized carbons (Fsp3) is 0.632. The van der Waals surface area contributed by atoms with Crippen LogP contribution in [0.4, 0.5) is 4.79 Å². The number of phenolic OH excluding ortho intramolecular Hbond substituents is 1. The number of hydrogen-bond acceptors (Lipinski definition) is 3. The maximum absolute atomic E-state index is 12.5. The zero-order valence-electron chi connectivity index (χ0n) is 14.4. The van der Waals surface area contributed by atoms with Crippen molar-refractivity contribution in [2.45, 2.75) is 51.1 Å². The summed E-state index contributed by atoms with van der Waals surface area (Å²) in [7, 11) is 0. The van der Waals surface area contributed by atoms with E-state index in [1.165, 1.54) is 12.8 Å². The number of nitrogens with zero attached hydrogens (tertiary/aromatic N) is 2. The Morgan fingerprint density at radius 3 is 2.67 bits per heavy atom. The van der Waals surface area contributed by atoms with Gasteiger partial charge in [-0.3, -0.25) is 4.90 Å². The van der Waals surface area contributed by atoms with Crippen molar-refractivity contribution in [2.24, 2.45) is 0 Å². The molecule has 1 atom stereocenters. The molecule has 0 unspecified atom stereocenters. The summed E-state index contributed by atoms with van der Waals surface area (Å²) >= 11 is 0. The molecule has 0 aliphatic carbocycles. The molecule has 0 radical (unpaired) electrons. The Balaban J connectivity index is 1.50. The number of aromatic hydroxyl groups is 1. The fourth-order valence-corrected chi connectivity index (χ4v) is 3.77. The molecular formula is C19H29N3O2. The highest BCUT2D eigenvalue weighted by Crippen LogP contribution is 2.17. The summed E-state index contributed by atoms with van der Waals surface area (Å²) in [5.74, 6) is 0.315. The Morgan fingerprint density at radius 2 is 1.92 bits per heavy atom. The molecule has 5 nitrogen and oxygen atoms in total. The summed E-state index contributed by atoms with van der Waals surface area (Å²) in [5.41, 5.74) is 1.12. The number of piperidine rings is 1. The molecule has 5 heteroatoms. The monoisotopic (exact) mass is 331 g/mol. The second-order valence-electron chi connectivity index (χ2n) is 7.09. The van der Waals surface area contributed by atoms with Crippen LogP contribution in [0.1, 0.15) is 44.1 Å². The largest absolute Gasteiger partial charge is 0.508 e. The minimum Gasteiger partial charge on any atom is -0.508 e. The molecule has 0 spiro atoms. The lowest BCUT2D eigenvalue weighted by atomic mass is 10.0. The lowest BCUT2D eigenvalue weighted by Crippen LogP contribution is -2.51. The smallest absolute Gasteiger partial charge is 0.317 e. The first-order chi connectivity index (χ1) is 11.7. The van der Waals surface area contributed by atoms with Gasteiger partial charge in [0.25, 0.3) is 0 Å². The van der Waals surface area contributed by atoms with Gasteiger partial charge in [0.15, 0.2) is 0 Å². The van der Waals surface area contributed by atoms with Gasteiger partial charge in [-0.05, 0) is 49.9 Å². The molecular weight excluding hydrogens is 302 g/mol. The normalized spacial score (nSPS) is 22.8. The van der Waals surface area contributed by atoms with E-state index in [1.807, 2.05) is 23.1 Å². The quantitative estimate of drug-likeness (QED) is 0.895. The van der Waals surface area contributed by atoms with E-state index in [9.17, 15) is 9.90 Å². The van der Waals surface area contributed by atoms with Crippen LogP contribution in [-0.4, -0.2) is 53.2 Å². The molecule has 2 fully saturated rings. The van der Waals surface area contributed by atoms with Gasteiger partial charge in [-0.15, -0.1) is 0 Å². The first kappa shape index (κ1) is 17.1. The van der Waals surface area contributed by atoms with Crippen LogP contribution in [-0.2, 0) is 6.54 Å². The zero-order valence-corrected chi connectivity index (χ0v) is 14.4. The summed E-state index contributed by atoms with van der Waals surface area (Å²) in [6, 6.07) is 7.78. The standard InChI is InChI=1S/C19H29N3O2/c23-18-9-5-7-16(13-18)14-21-10-6-8-17(15-21)20-19(24)22-11-3-1-2-4-12-22/h5,7,9,13,17,23H,1-4,6,8,10-12,14-15H2,(H,20,24)/t17-/m1/s1. The highest BCUT2D eigenvalue weighted by Gasteiger charge is 2.24. The van der Waals surface area contributed by atoms with Gasteiger partial charge in [-0.2, -0.15) is 0 Å². The summed E-state index contributed by atoms with van der Waals surface area (Å²) < 4.78 is 0. The Bertz CT molecular complexity index is 541. The average Bonchev–Trinajstić information content (AvgIpc) is 2.84. The average molecular weight is 331 g/mol. The molecule has 132 valence electrons. The molecule has 2 heterocycles. The minimum atomic E-state index is 0.112. The Morgan fingerprint density at radius 1 is 1.12 bits per heavy atom. The predicted molar refractivity (Wildman–Crippen MR) is 95.0 cm³/mol. The summed E-state index contributed by atoms with van der Waals surface area (Å²) in [4.78, 5) is 16.8. The van der Waals surface area contributed by atoms with E-state index in [-0.39, 0.29) is 12.1 Å². The molecule has 2 aliphatic heterocycles. The molecule has 1 aromatic carbocycles. The fourth-order valence-electron chi connectivity index (χ4n) is 3.77. The molecule has 2 amide bonds. The number of carbonyl (C=O) groups is 1. The molecule has 24 heavy (non-hydrogen) atoms. The minimum absolute atomic E-state index is 0.112. The van der Waals surface area contributed by atoms with Gasteiger partial charge in [0.2, 0.25) is 0 Å². The van der Waals surface area contributed by atoms with Crippen LogP contribution in [0.25, 0.3) is 0 Å². The SMILES string of the molecule is O=C(N[C@@H]1CCCN(Cc2cccc(O)c2)C1)N1CCCCCC1. The lowest BCUT2D eigenvalue weighted by Gasteiger charge is -2.34. The molecule has 0 bridgehead atoms. The van der Waals surface area contributed by atoms with Crippen molar-refractivity contribution in [1.82, 2.24) is 15.1 Å². The van der Waals surface area contributed by atoms with Crippen LogP contribution in [0, 0.1) is 0 Å². The predicted octanol–water partition coefficient (Wildman–Crippen LogP) is 2.94. The Hall–Kier alpha value is -1.75. The number of benzene rings is 1. The first-order valence-corrected chi connectivity index (χ1v) is 9.26. The maximum Gasteiger partial charge on any atom is 0.317 e. The van der Waals surface area contributed by atoms with E-state index in [4.69, 9.17) is 0 Å². The molecule has 3 rings (SSSR count). The van der Waals surface area contributed by atoms with E-state index in [1.54, 1.807) is 6.07 Å². The third kappa shape index (κ3) is 4.87. The lowest BCUT2D eigenvalue weighted by molar-refractivity contribution is 0.164. The number of urea groups is 1. The number of phenols is 1. The van der Waals surface area contributed by atoms with Crippen LogP contribution in [0.15, 0.2) is 24.3 Å². The topological polar surface area (TPSA) is 55.8 Å². The van der Waals surface area contributed by atoms with E-state index in [0.717, 1.165) is 64.0 Å². The van der Waals surface area contributed by atoms with Crippen LogP contribution < -0.4 is 5.32 Å². The zero-order chi connectivity index (χ0) is 16.8. The molecule has 2 N–H and O–H groups in total. The second kappa shape index (κ2) is 8.38. The van der Waals surface area contributed by atoms with Gasteiger partial charge in [0.1, 0.15) is 5.75 Å². The van der Waals surface area contributed by atoms with Crippen LogP contribution in [0.5, 0.6) is 5.75 Å². The number of carbonyl (C=O) groups excluding carboxylic acids is 1. The number of rotatable bonds is 3. The highest BCUT2D eigenvalue weighted by atomic mass is 16.3. The number of amides is 2. The number of hydrogen-bond donors (Lipinski definition) is 2. The Labute approximate surface area is 144 Å². The highest BCUT2D eigenvalue weighted by molar-refractivity contribution is 5.74.